The average molecular weight is 174 g/mol. The lowest BCUT2D eigenvalue weighted by Gasteiger charge is -2.18. The van der Waals surface area contributed by atoms with Gasteiger partial charge in [-0.1, -0.05) is 13.5 Å². The van der Waals surface area contributed by atoms with Crippen molar-refractivity contribution in [1.82, 2.24) is 0 Å². The highest BCUT2D eigenvalue weighted by molar-refractivity contribution is 4.88. The van der Waals surface area contributed by atoms with Crippen LogP contribution >= 0.6 is 0 Å². The van der Waals surface area contributed by atoms with Gasteiger partial charge in [0.05, 0.1) is 6.61 Å². The highest BCUT2D eigenvalue weighted by Gasteiger charge is 2.35. The van der Waals surface area contributed by atoms with E-state index in [9.17, 15) is 5.11 Å². The molecular formula is C9H18O3. The Balaban J connectivity index is 0.00000121. The quantitative estimate of drug-likeness (QED) is 0.642. The molecule has 1 heterocycles. The number of aliphatic hydroxyl groups is 1. The Morgan fingerprint density at radius 1 is 1.67 bits per heavy atom. The Bertz CT molecular complexity index is 154. The molecule has 0 aliphatic carbocycles. The predicted molar refractivity (Wildman–Crippen MR) is 47.8 cm³/mol. The molecule has 0 bridgehead atoms. The maximum atomic E-state index is 9.27. The van der Waals surface area contributed by atoms with Crippen molar-refractivity contribution in [2.45, 2.75) is 39.3 Å². The zero-order valence-corrected chi connectivity index (χ0v) is 6.91. The summed E-state index contributed by atoms with van der Waals surface area (Å²) in [5.41, 5.74) is 0. The first-order valence-electron chi connectivity index (χ1n) is 3.67. The van der Waals surface area contributed by atoms with E-state index in [1.807, 2.05) is 13.8 Å². The molecule has 1 aliphatic rings. The second-order valence-electron chi connectivity index (χ2n) is 3.09. The van der Waals surface area contributed by atoms with Crippen molar-refractivity contribution >= 4 is 0 Å². The van der Waals surface area contributed by atoms with Crippen LogP contribution in [0.25, 0.3) is 0 Å². The molecule has 2 atom stereocenters. The van der Waals surface area contributed by atoms with Crippen molar-refractivity contribution in [1.29, 1.82) is 0 Å². The Morgan fingerprint density at radius 2 is 2.25 bits per heavy atom. The normalized spacial score (nSPS) is 29.1. The molecule has 1 fully saturated rings. The van der Waals surface area contributed by atoms with Crippen LogP contribution in [0.4, 0.5) is 0 Å². The summed E-state index contributed by atoms with van der Waals surface area (Å²) < 4.78 is 10.6. The van der Waals surface area contributed by atoms with Crippen molar-refractivity contribution in [2.24, 2.45) is 0 Å². The van der Waals surface area contributed by atoms with E-state index in [-0.39, 0.29) is 13.5 Å². The summed E-state index contributed by atoms with van der Waals surface area (Å²) in [4.78, 5) is 0. The molecule has 1 saturated heterocycles. The summed E-state index contributed by atoms with van der Waals surface area (Å²) in [6.45, 7) is 7.54. The number of ether oxygens (including phenoxy) is 2. The summed E-state index contributed by atoms with van der Waals surface area (Å²) in [6.07, 6.45) is 0.564. The zero-order chi connectivity index (χ0) is 8.48. The van der Waals surface area contributed by atoms with Crippen LogP contribution in [0.2, 0.25) is 0 Å². The van der Waals surface area contributed by atoms with Crippen LogP contribution in [0.15, 0.2) is 12.7 Å². The van der Waals surface area contributed by atoms with Crippen molar-refractivity contribution in [3.63, 3.8) is 0 Å². The van der Waals surface area contributed by atoms with Crippen molar-refractivity contribution < 1.29 is 14.6 Å². The number of hydrogen-bond donors (Lipinski definition) is 1. The molecule has 0 aromatic carbocycles. The summed E-state index contributed by atoms with van der Waals surface area (Å²) in [6, 6.07) is 0. The fourth-order valence-electron chi connectivity index (χ4n) is 1.04. The van der Waals surface area contributed by atoms with Crippen LogP contribution in [-0.4, -0.2) is 29.7 Å². The van der Waals surface area contributed by atoms with E-state index in [4.69, 9.17) is 9.47 Å². The zero-order valence-electron chi connectivity index (χ0n) is 6.91. The Kier molecular flexibility index (Phi) is 3.90. The van der Waals surface area contributed by atoms with E-state index < -0.39 is 11.9 Å². The number of hydrogen-bond acceptors (Lipinski definition) is 3. The second-order valence-corrected chi connectivity index (χ2v) is 3.09. The van der Waals surface area contributed by atoms with Gasteiger partial charge in [0, 0.05) is 0 Å². The van der Waals surface area contributed by atoms with Gasteiger partial charge >= 0.3 is 0 Å². The molecular weight excluding hydrogens is 156 g/mol. The first-order chi connectivity index (χ1) is 5.05. The predicted octanol–water partition coefficient (Wildman–Crippen LogP) is 1.32. The standard InChI is InChI=1S/C8H14O3.CH4/c1-4-6(9)7-5-10-8(2,3)11-7;/h4,6-7,9H,1,5H2,2-3H3;1H4/t6?,7-;/m0./s1. The van der Waals surface area contributed by atoms with E-state index >= 15 is 0 Å². The van der Waals surface area contributed by atoms with Crippen LogP contribution < -0.4 is 0 Å². The van der Waals surface area contributed by atoms with Crippen molar-refractivity contribution in [3.8, 4) is 0 Å². The molecule has 1 aliphatic heterocycles. The van der Waals surface area contributed by atoms with Crippen LogP contribution in [0, 0.1) is 0 Å². The Hall–Kier alpha value is -0.380. The summed E-state index contributed by atoms with van der Waals surface area (Å²) >= 11 is 0. The highest BCUT2D eigenvalue weighted by atomic mass is 16.7. The largest absolute Gasteiger partial charge is 0.386 e. The summed E-state index contributed by atoms with van der Waals surface area (Å²) in [5, 5.41) is 9.27. The third-order valence-electron chi connectivity index (χ3n) is 1.65. The maximum absolute atomic E-state index is 9.27. The van der Waals surface area contributed by atoms with E-state index in [1.54, 1.807) is 0 Å². The topological polar surface area (TPSA) is 38.7 Å². The molecule has 72 valence electrons. The van der Waals surface area contributed by atoms with Gasteiger partial charge in [-0.15, -0.1) is 6.58 Å². The van der Waals surface area contributed by atoms with Gasteiger partial charge in [0.25, 0.3) is 0 Å². The molecule has 12 heavy (non-hydrogen) atoms. The SMILES string of the molecule is C.C=CC(O)[C@@H]1COC(C)(C)O1. The van der Waals surface area contributed by atoms with Crippen molar-refractivity contribution in [2.75, 3.05) is 6.61 Å². The molecule has 1 rings (SSSR count). The molecule has 1 N–H and O–H groups in total. The number of aliphatic hydroxyl groups excluding tert-OH is 1. The summed E-state index contributed by atoms with van der Waals surface area (Å²) in [7, 11) is 0. The van der Waals surface area contributed by atoms with Crippen LogP contribution in [0.1, 0.15) is 21.3 Å². The van der Waals surface area contributed by atoms with Crippen LogP contribution in [0.3, 0.4) is 0 Å². The van der Waals surface area contributed by atoms with Gasteiger partial charge in [-0.2, -0.15) is 0 Å². The van der Waals surface area contributed by atoms with Gasteiger partial charge < -0.3 is 14.6 Å². The minimum absolute atomic E-state index is 0. The minimum Gasteiger partial charge on any atom is -0.386 e. The average Bonchev–Trinajstić information content (AvgIpc) is 2.29. The Morgan fingerprint density at radius 3 is 2.58 bits per heavy atom. The van der Waals surface area contributed by atoms with Gasteiger partial charge in [-0.05, 0) is 13.8 Å². The lowest BCUT2D eigenvalue weighted by Crippen LogP contribution is -2.28. The molecule has 1 unspecified atom stereocenters. The molecule has 0 radical (unpaired) electrons. The first-order valence-corrected chi connectivity index (χ1v) is 3.67. The minimum atomic E-state index is -0.628. The van der Waals surface area contributed by atoms with Gasteiger partial charge in [-0.3, -0.25) is 0 Å². The smallest absolute Gasteiger partial charge is 0.163 e. The molecule has 0 spiro atoms. The fourth-order valence-corrected chi connectivity index (χ4v) is 1.04. The highest BCUT2D eigenvalue weighted by Crippen LogP contribution is 2.24. The monoisotopic (exact) mass is 174 g/mol. The lowest BCUT2D eigenvalue weighted by molar-refractivity contribution is -0.147. The molecule has 3 nitrogen and oxygen atoms in total. The van der Waals surface area contributed by atoms with E-state index in [0.717, 1.165) is 0 Å². The maximum Gasteiger partial charge on any atom is 0.163 e. The lowest BCUT2D eigenvalue weighted by atomic mass is 10.2. The molecule has 0 aromatic heterocycles. The number of rotatable bonds is 2. The molecule has 0 amide bonds. The van der Waals surface area contributed by atoms with E-state index in [1.165, 1.54) is 6.08 Å². The van der Waals surface area contributed by atoms with Gasteiger partial charge in [-0.25, -0.2) is 0 Å². The van der Waals surface area contributed by atoms with Gasteiger partial charge in [0.2, 0.25) is 0 Å². The van der Waals surface area contributed by atoms with Crippen molar-refractivity contribution in [3.05, 3.63) is 12.7 Å². The van der Waals surface area contributed by atoms with E-state index in [2.05, 4.69) is 6.58 Å². The third kappa shape index (κ3) is 2.59. The second kappa shape index (κ2) is 4.03. The Labute approximate surface area is 74.0 Å². The van der Waals surface area contributed by atoms with Crippen LogP contribution in [-0.2, 0) is 9.47 Å². The van der Waals surface area contributed by atoms with Gasteiger partial charge in [0.1, 0.15) is 12.2 Å². The van der Waals surface area contributed by atoms with Crippen LogP contribution in [0.5, 0.6) is 0 Å². The van der Waals surface area contributed by atoms with E-state index in [0.29, 0.717) is 6.61 Å². The fraction of sp³-hybridized carbons (Fsp3) is 0.778. The molecule has 3 heteroatoms. The van der Waals surface area contributed by atoms with Gasteiger partial charge in [0.15, 0.2) is 5.79 Å². The molecule has 0 aromatic rings. The first kappa shape index (κ1) is 11.6. The third-order valence-corrected chi connectivity index (χ3v) is 1.65. The molecule has 0 saturated carbocycles. The summed E-state index contributed by atoms with van der Waals surface area (Å²) in [5.74, 6) is -0.561.